The summed E-state index contributed by atoms with van der Waals surface area (Å²) in [4.78, 5) is 12.7. The number of hydrogen-bond donors (Lipinski definition) is 0. The zero-order chi connectivity index (χ0) is 11.6. The lowest BCUT2D eigenvalue weighted by atomic mass is 10.1. The van der Waals surface area contributed by atoms with E-state index in [2.05, 4.69) is 0 Å². The smallest absolute Gasteiger partial charge is 0.410 e. The van der Waals surface area contributed by atoms with E-state index in [0.29, 0.717) is 0 Å². The van der Waals surface area contributed by atoms with E-state index >= 15 is 0 Å². The standard InChI is InChI=1S/C10H15FN2O2/c1-10(2,3)15-9(14)13-5-7(4-12)8(11)6-13/h7-8H,5-6H2,1-3H3/t7-,8+/m1/s1. The van der Waals surface area contributed by atoms with E-state index in [1.54, 1.807) is 20.8 Å². The minimum atomic E-state index is -1.26. The molecule has 0 aliphatic carbocycles. The first-order valence-electron chi connectivity index (χ1n) is 4.85. The van der Waals surface area contributed by atoms with E-state index in [9.17, 15) is 9.18 Å². The molecule has 1 aliphatic rings. The molecule has 0 spiro atoms. The van der Waals surface area contributed by atoms with Crippen molar-refractivity contribution in [1.29, 1.82) is 5.26 Å². The van der Waals surface area contributed by atoms with E-state index in [0.717, 1.165) is 0 Å². The summed E-state index contributed by atoms with van der Waals surface area (Å²) in [6.45, 7) is 5.31. The van der Waals surface area contributed by atoms with Crippen molar-refractivity contribution in [2.24, 2.45) is 5.92 Å². The quantitative estimate of drug-likeness (QED) is 0.617. The highest BCUT2D eigenvalue weighted by atomic mass is 19.1. The van der Waals surface area contributed by atoms with Gasteiger partial charge in [-0.15, -0.1) is 0 Å². The van der Waals surface area contributed by atoms with Crippen molar-refractivity contribution in [3.8, 4) is 6.07 Å². The van der Waals surface area contributed by atoms with Crippen LogP contribution in [0.25, 0.3) is 0 Å². The van der Waals surface area contributed by atoms with Crippen LogP contribution >= 0.6 is 0 Å². The molecule has 0 saturated carbocycles. The summed E-state index contributed by atoms with van der Waals surface area (Å²) < 4.78 is 18.2. The Morgan fingerprint density at radius 1 is 1.53 bits per heavy atom. The fourth-order valence-corrected chi connectivity index (χ4v) is 1.36. The molecular weight excluding hydrogens is 199 g/mol. The van der Waals surface area contributed by atoms with E-state index in [1.807, 2.05) is 6.07 Å². The van der Waals surface area contributed by atoms with Crippen molar-refractivity contribution < 1.29 is 13.9 Å². The van der Waals surface area contributed by atoms with E-state index < -0.39 is 23.8 Å². The highest BCUT2D eigenvalue weighted by Crippen LogP contribution is 2.21. The number of carbonyl (C=O) groups excluding carboxylic acids is 1. The van der Waals surface area contributed by atoms with Crippen molar-refractivity contribution in [3.63, 3.8) is 0 Å². The summed E-state index contributed by atoms with van der Waals surface area (Å²) in [5.74, 6) is -0.725. The summed E-state index contributed by atoms with van der Waals surface area (Å²) in [5.41, 5.74) is -0.590. The summed E-state index contributed by atoms with van der Waals surface area (Å²) in [7, 11) is 0. The Labute approximate surface area is 88.6 Å². The van der Waals surface area contributed by atoms with Crippen LogP contribution in [0.5, 0.6) is 0 Å². The molecule has 0 N–H and O–H groups in total. The van der Waals surface area contributed by atoms with Crippen LogP contribution < -0.4 is 0 Å². The number of alkyl halides is 1. The van der Waals surface area contributed by atoms with Crippen molar-refractivity contribution in [3.05, 3.63) is 0 Å². The topological polar surface area (TPSA) is 53.3 Å². The largest absolute Gasteiger partial charge is 0.444 e. The van der Waals surface area contributed by atoms with Gasteiger partial charge >= 0.3 is 6.09 Å². The zero-order valence-corrected chi connectivity index (χ0v) is 9.16. The van der Waals surface area contributed by atoms with Gasteiger partial charge < -0.3 is 9.64 Å². The Balaban J connectivity index is 2.54. The molecular formula is C10H15FN2O2. The average molecular weight is 214 g/mol. The Morgan fingerprint density at radius 3 is 2.53 bits per heavy atom. The van der Waals surface area contributed by atoms with Crippen molar-refractivity contribution >= 4 is 6.09 Å². The third-order valence-electron chi connectivity index (χ3n) is 2.07. The van der Waals surface area contributed by atoms with Gasteiger partial charge in [-0.05, 0) is 20.8 Å². The zero-order valence-electron chi connectivity index (χ0n) is 9.16. The van der Waals surface area contributed by atoms with Crippen LogP contribution in [-0.4, -0.2) is 35.9 Å². The molecule has 1 amide bonds. The van der Waals surface area contributed by atoms with Crippen molar-refractivity contribution in [1.82, 2.24) is 4.90 Å². The third-order valence-corrected chi connectivity index (χ3v) is 2.07. The first-order chi connectivity index (χ1) is 6.83. The van der Waals surface area contributed by atoms with Crippen molar-refractivity contribution in [2.75, 3.05) is 13.1 Å². The molecule has 15 heavy (non-hydrogen) atoms. The predicted octanol–water partition coefficient (Wildman–Crippen LogP) is 1.71. The van der Waals surface area contributed by atoms with Crippen LogP contribution in [0.1, 0.15) is 20.8 Å². The van der Waals surface area contributed by atoms with Crippen LogP contribution in [0.4, 0.5) is 9.18 Å². The lowest BCUT2D eigenvalue weighted by Gasteiger charge is -2.23. The molecule has 0 aromatic carbocycles. The third kappa shape index (κ3) is 3.08. The number of likely N-dealkylation sites (tertiary alicyclic amines) is 1. The highest BCUT2D eigenvalue weighted by molar-refractivity contribution is 5.68. The Kier molecular flexibility index (Phi) is 3.18. The summed E-state index contributed by atoms with van der Waals surface area (Å²) in [5, 5.41) is 8.60. The predicted molar refractivity (Wildman–Crippen MR) is 51.8 cm³/mol. The van der Waals surface area contributed by atoms with E-state index in [1.165, 1.54) is 4.90 Å². The molecule has 0 aromatic rings. The Morgan fingerprint density at radius 2 is 2.13 bits per heavy atom. The van der Waals surface area contributed by atoms with Crippen LogP contribution in [0.2, 0.25) is 0 Å². The van der Waals surface area contributed by atoms with Gasteiger partial charge in [-0.25, -0.2) is 9.18 Å². The van der Waals surface area contributed by atoms with Gasteiger partial charge in [-0.2, -0.15) is 5.26 Å². The number of carbonyl (C=O) groups is 1. The van der Waals surface area contributed by atoms with Gasteiger partial charge in [0.05, 0.1) is 18.5 Å². The van der Waals surface area contributed by atoms with Crippen LogP contribution in [0.3, 0.4) is 0 Å². The van der Waals surface area contributed by atoms with Crippen LogP contribution in [-0.2, 0) is 4.74 Å². The molecule has 2 atom stereocenters. The number of ether oxygens (including phenoxy) is 1. The monoisotopic (exact) mass is 214 g/mol. The number of hydrogen-bond acceptors (Lipinski definition) is 3. The summed E-state index contributed by atoms with van der Waals surface area (Å²) >= 11 is 0. The molecule has 0 aromatic heterocycles. The maximum absolute atomic E-state index is 13.2. The average Bonchev–Trinajstić information content (AvgIpc) is 2.43. The van der Waals surface area contributed by atoms with Gasteiger partial charge in [0.15, 0.2) is 0 Å². The van der Waals surface area contributed by atoms with Crippen LogP contribution in [0.15, 0.2) is 0 Å². The minimum absolute atomic E-state index is 0.0485. The SMILES string of the molecule is CC(C)(C)OC(=O)N1C[C@@H](C#N)[C@@H](F)C1. The summed E-state index contributed by atoms with van der Waals surface area (Å²) in [6, 6.07) is 1.84. The lowest BCUT2D eigenvalue weighted by molar-refractivity contribution is 0.0282. The Bertz CT molecular complexity index is 293. The molecule has 0 radical (unpaired) electrons. The second kappa shape index (κ2) is 4.05. The fourth-order valence-electron chi connectivity index (χ4n) is 1.36. The van der Waals surface area contributed by atoms with Gasteiger partial charge in [-0.3, -0.25) is 0 Å². The second-order valence-corrected chi connectivity index (χ2v) is 4.64. The molecule has 0 unspecified atom stereocenters. The number of nitrogens with zero attached hydrogens (tertiary/aromatic N) is 2. The minimum Gasteiger partial charge on any atom is -0.444 e. The highest BCUT2D eigenvalue weighted by Gasteiger charge is 2.37. The first kappa shape index (κ1) is 11.8. The van der Waals surface area contributed by atoms with Crippen LogP contribution in [0, 0.1) is 17.2 Å². The first-order valence-corrected chi connectivity index (χ1v) is 4.85. The summed E-state index contributed by atoms with van der Waals surface area (Å²) in [6.07, 6.45) is -1.81. The molecule has 4 nitrogen and oxygen atoms in total. The van der Waals surface area contributed by atoms with Gasteiger partial charge in [0.2, 0.25) is 0 Å². The molecule has 5 heteroatoms. The maximum Gasteiger partial charge on any atom is 0.410 e. The van der Waals surface area contributed by atoms with Gasteiger partial charge in [0.1, 0.15) is 11.8 Å². The maximum atomic E-state index is 13.2. The lowest BCUT2D eigenvalue weighted by Crippen LogP contribution is -2.35. The molecule has 1 fully saturated rings. The van der Waals surface area contributed by atoms with Gasteiger partial charge in [0.25, 0.3) is 0 Å². The number of rotatable bonds is 0. The Hall–Kier alpha value is -1.31. The molecule has 1 saturated heterocycles. The molecule has 1 heterocycles. The van der Waals surface area contributed by atoms with Crippen molar-refractivity contribution in [2.45, 2.75) is 32.5 Å². The molecule has 0 bridgehead atoms. The number of halogens is 1. The number of amides is 1. The number of nitriles is 1. The fraction of sp³-hybridized carbons (Fsp3) is 0.800. The normalized spacial score (nSPS) is 26.2. The molecule has 1 aliphatic heterocycles. The van der Waals surface area contributed by atoms with E-state index in [-0.39, 0.29) is 13.1 Å². The molecule has 1 rings (SSSR count). The molecule has 84 valence electrons. The second-order valence-electron chi connectivity index (χ2n) is 4.64. The van der Waals surface area contributed by atoms with Gasteiger partial charge in [0, 0.05) is 6.54 Å². The van der Waals surface area contributed by atoms with Gasteiger partial charge in [-0.1, -0.05) is 0 Å². The van der Waals surface area contributed by atoms with E-state index in [4.69, 9.17) is 10.00 Å².